The monoisotopic (exact) mass is 382 g/mol. The number of amides is 1. The maximum atomic E-state index is 12.3. The summed E-state index contributed by atoms with van der Waals surface area (Å²) >= 11 is 5.96. The third-order valence-electron chi connectivity index (χ3n) is 4.10. The van der Waals surface area contributed by atoms with Gasteiger partial charge < -0.3 is 4.74 Å². The third kappa shape index (κ3) is 4.35. The molecule has 0 atom stereocenters. The van der Waals surface area contributed by atoms with Gasteiger partial charge >= 0.3 is 0 Å². The third-order valence-corrected chi connectivity index (χ3v) is 4.33. The molecule has 0 saturated carbocycles. The number of nitrogens with one attached hydrogen (secondary N) is 2. The van der Waals surface area contributed by atoms with Crippen LogP contribution in [0, 0.1) is 0 Å². The lowest BCUT2D eigenvalue weighted by Crippen LogP contribution is -2.18. The van der Waals surface area contributed by atoms with Crippen LogP contribution in [0.2, 0.25) is 5.02 Å². The highest BCUT2D eigenvalue weighted by molar-refractivity contribution is 6.31. The topological polar surface area (TPSA) is 79.4 Å². The maximum absolute atomic E-state index is 12.3. The lowest BCUT2D eigenvalue weighted by Gasteiger charge is -2.07. The maximum Gasteiger partial charge on any atom is 0.275 e. The number of methoxy groups -OCH3 is 1. The summed E-state index contributed by atoms with van der Waals surface area (Å²) in [4.78, 5) is 12.3. The standard InChI is InChI=1S/C20H19ClN4O2/c1-3-13-4-6-14(7-5-13)19-15(11-22-24-19)12-23-25-20(26)17-10-16(21)8-9-18(17)27-2/h4-12H,3H2,1-2H3,(H,22,24)(H,25,26)/b23-12-. The Morgan fingerprint density at radius 3 is 2.78 bits per heavy atom. The van der Waals surface area contributed by atoms with Crippen molar-refractivity contribution in [3.63, 3.8) is 0 Å². The molecule has 3 rings (SSSR count). The van der Waals surface area contributed by atoms with Crippen LogP contribution in [-0.4, -0.2) is 29.4 Å². The van der Waals surface area contributed by atoms with E-state index >= 15 is 0 Å². The van der Waals surface area contributed by atoms with E-state index in [1.807, 2.05) is 12.1 Å². The van der Waals surface area contributed by atoms with Crippen LogP contribution in [0.15, 0.2) is 53.8 Å². The number of carbonyl (C=O) groups is 1. The molecule has 0 fully saturated rings. The van der Waals surface area contributed by atoms with Crippen molar-refractivity contribution in [1.82, 2.24) is 15.6 Å². The molecule has 27 heavy (non-hydrogen) atoms. The Morgan fingerprint density at radius 2 is 2.07 bits per heavy atom. The van der Waals surface area contributed by atoms with Crippen molar-refractivity contribution in [2.24, 2.45) is 5.10 Å². The number of rotatable bonds is 6. The molecule has 1 aromatic heterocycles. The first-order valence-electron chi connectivity index (χ1n) is 8.42. The van der Waals surface area contributed by atoms with E-state index in [0.29, 0.717) is 16.3 Å². The van der Waals surface area contributed by atoms with Gasteiger partial charge in [0, 0.05) is 16.1 Å². The van der Waals surface area contributed by atoms with Gasteiger partial charge in [-0.25, -0.2) is 5.43 Å². The summed E-state index contributed by atoms with van der Waals surface area (Å²) < 4.78 is 5.18. The highest BCUT2D eigenvalue weighted by Gasteiger charge is 2.12. The quantitative estimate of drug-likeness (QED) is 0.498. The number of aromatic amines is 1. The molecule has 138 valence electrons. The van der Waals surface area contributed by atoms with Gasteiger partial charge in [-0.1, -0.05) is 42.8 Å². The van der Waals surface area contributed by atoms with Crippen LogP contribution in [0.3, 0.4) is 0 Å². The van der Waals surface area contributed by atoms with Crippen LogP contribution >= 0.6 is 11.6 Å². The smallest absolute Gasteiger partial charge is 0.275 e. The van der Waals surface area contributed by atoms with Crippen LogP contribution in [0.5, 0.6) is 5.75 Å². The first-order chi connectivity index (χ1) is 13.1. The minimum Gasteiger partial charge on any atom is -0.496 e. The molecule has 0 unspecified atom stereocenters. The summed E-state index contributed by atoms with van der Waals surface area (Å²) in [6.07, 6.45) is 4.18. The van der Waals surface area contributed by atoms with Crippen molar-refractivity contribution < 1.29 is 9.53 Å². The van der Waals surface area contributed by atoms with Crippen molar-refractivity contribution in [2.75, 3.05) is 7.11 Å². The normalized spacial score (nSPS) is 10.9. The highest BCUT2D eigenvalue weighted by Crippen LogP contribution is 2.23. The van der Waals surface area contributed by atoms with E-state index in [0.717, 1.165) is 23.2 Å². The van der Waals surface area contributed by atoms with Crippen LogP contribution in [0.1, 0.15) is 28.4 Å². The average molecular weight is 383 g/mol. The second-order valence-electron chi connectivity index (χ2n) is 5.79. The van der Waals surface area contributed by atoms with Gasteiger partial charge in [-0.3, -0.25) is 9.89 Å². The second kappa shape index (κ2) is 8.51. The number of hydrogen-bond acceptors (Lipinski definition) is 4. The Balaban J connectivity index is 1.75. The zero-order valence-electron chi connectivity index (χ0n) is 15.0. The molecule has 0 saturated heterocycles. The SMILES string of the molecule is CCc1ccc(-c2[nH]ncc2/C=N\NC(=O)c2cc(Cl)ccc2OC)cc1. The highest BCUT2D eigenvalue weighted by atomic mass is 35.5. The van der Waals surface area contributed by atoms with Crippen LogP contribution < -0.4 is 10.2 Å². The van der Waals surface area contributed by atoms with E-state index in [1.54, 1.807) is 24.5 Å². The molecule has 0 aliphatic rings. The predicted octanol–water partition coefficient (Wildman–Crippen LogP) is 4.07. The van der Waals surface area contributed by atoms with Crippen molar-refractivity contribution in [1.29, 1.82) is 0 Å². The summed E-state index contributed by atoms with van der Waals surface area (Å²) in [6.45, 7) is 2.11. The molecular weight excluding hydrogens is 364 g/mol. The zero-order chi connectivity index (χ0) is 19.2. The fourth-order valence-electron chi connectivity index (χ4n) is 2.61. The van der Waals surface area contributed by atoms with Crippen LogP contribution in [-0.2, 0) is 6.42 Å². The Bertz CT molecular complexity index is 964. The molecule has 2 aromatic carbocycles. The van der Waals surface area contributed by atoms with E-state index in [1.165, 1.54) is 18.7 Å². The van der Waals surface area contributed by atoms with Gasteiger partial charge in [0.05, 0.1) is 30.8 Å². The molecule has 0 bridgehead atoms. The lowest BCUT2D eigenvalue weighted by atomic mass is 10.1. The molecule has 1 amide bonds. The van der Waals surface area contributed by atoms with Gasteiger partial charge in [0.25, 0.3) is 5.91 Å². The molecule has 0 radical (unpaired) electrons. The molecular formula is C20H19ClN4O2. The van der Waals surface area contributed by atoms with Crippen molar-refractivity contribution >= 4 is 23.7 Å². The van der Waals surface area contributed by atoms with Crippen LogP contribution in [0.25, 0.3) is 11.3 Å². The number of aromatic nitrogens is 2. The minimum absolute atomic E-state index is 0.310. The van der Waals surface area contributed by atoms with Crippen LogP contribution in [0.4, 0.5) is 0 Å². The molecule has 0 spiro atoms. The Kier molecular flexibility index (Phi) is 5.88. The first kappa shape index (κ1) is 18.7. The molecule has 3 aromatic rings. The van der Waals surface area contributed by atoms with E-state index in [9.17, 15) is 4.79 Å². The van der Waals surface area contributed by atoms with E-state index in [2.05, 4.69) is 39.8 Å². The number of halogens is 1. The van der Waals surface area contributed by atoms with E-state index in [-0.39, 0.29) is 0 Å². The van der Waals surface area contributed by atoms with Crippen molar-refractivity contribution in [3.8, 4) is 17.0 Å². The molecule has 6 nitrogen and oxygen atoms in total. The predicted molar refractivity (Wildman–Crippen MR) is 106 cm³/mol. The molecule has 0 aliphatic carbocycles. The first-order valence-corrected chi connectivity index (χ1v) is 8.79. The van der Waals surface area contributed by atoms with Gasteiger partial charge in [0.15, 0.2) is 0 Å². The fraction of sp³-hybridized carbons (Fsp3) is 0.150. The Hall–Kier alpha value is -3.12. The summed E-state index contributed by atoms with van der Waals surface area (Å²) in [5.41, 5.74) is 6.64. The second-order valence-corrected chi connectivity index (χ2v) is 6.23. The summed E-state index contributed by atoms with van der Waals surface area (Å²) in [5.74, 6) is 0.00931. The number of nitrogens with zero attached hydrogens (tertiary/aromatic N) is 2. The van der Waals surface area contributed by atoms with Gasteiger partial charge in [0.1, 0.15) is 5.75 Å². The van der Waals surface area contributed by atoms with Gasteiger partial charge in [0.2, 0.25) is 0 Å². The number of aryl methyl sites for hydroxylation is 1. The lowest BCUT2D eigenvalue weighted by molar-refractivity contribution is 0.0952. The number of carbonyl (C=O) groups excluding carboxylic acids is 1. The molecule has 2 N–H and O–H groups in total. The average Bonchev–Trinajstić information content (AvgIpc) is 3.16. The van der Waals surface area contributed by atoms with Gasteiger partial charge in [-0.15, -0.1) is 0 Å². The number of hydrogen-bond donors (Lipinski definition) is 2. The van der Waals surface area contributed by atoms with E-state index in [4.69, 9.17) is 16.3 Å². The molecule has 1 heterocycles. The molecule has 7 heteroatoms. The van der Waals surface area contributed by atoms with E-state index < -0.39 is 5.91 Å². The number of hydrazone groups is 1. The number of benzene rings is 2. The Morgan fingerprint density at radius 1 is 1.30 bits per heavy atom. The van der Waals surface area contributed by atoms with Gasteiger partial charge in [-0.05, 0) is 30.2 Å². The summed E-state index contributed by atoms with van der Waals surface area (Å²) in [6, 6.07) is 13.0. The fourth-order valence-corrected chi connectivity index (χ4v) is 2.78. The largest absolute Gasteiger partial charge is 0.496 e. The molecule has 0 aliphatic heterocycles. The zero-order valence-corrected chi connectivity index (χ0v) is 15.7. The van der Waals surface area contributed by atoms with Crippen molar-refractivity contribution in [3.05, 3.63) is 70.4 Å². The number of H-pyrrole nitrogens is 1. The number of ether oxygens (including phenoxy) is 1. The van der Waals surface area contributed by atoms with Gasteiger partial charge in [-0.2, -0.15) is 10.2 Å². The van der Waals surface area contributed by atoms with Crippen molar-refractivity contribution in [2.45, 2.75) is 13.3 Å². The Labute approximate surface area is 162 Å². The minimum atomic E-state index is -0.414. The summed E-state index contributed by atoms with van der Waals surface area (Å²) in [7, 11) is 1.49. The summed E-state index contributed by atoms with van der Waals surface area (Å²) in [5, 5.41) is 11.5.